The van der Waals surface area contributed by atoms with Crippen molar-refractivity contribution >= 4 is 11.8 Å². The number of nitrogens with zero attached hydrogens (tertiary/aromatic N) is 2. The van der Waals surface area contributed by atoms with Crippen LogP contribution in [0.15, 0.2) is 12.4 Å². The van der Waals surface area contributed by atoms with E-state index in [1.54, 1.807) is 12.4 Å². The highest BCUT2D eigenvalue weighted by Crippen LogP contribution is 2.10. The maximum atomic E-state index is 11.9. The third kappa shape index (κ3) is 1.77. The van der Waals surface area contributed by atoms with Crippen LogP contribution in [0, 0.1) is 0 Å². The first-order valence-electron chi connectivity index (χ1n) is 5.08. The smallest absolute Gasteiger partial charge is 0.254 e. The SMILES string of the molecule is CCc1nccn1C(=O)C1CCC(=O)N1. The minimum atomic E-state index is -0.378. The molecular weight excluding hydrogens is 194 g/mol. The van der Waals surface area contributed by atoms with Crippen LogP contribution < -0.4 is 5.32 Å². The van der Waals surface area contributed by atoms with Crippen molar-refractivity contribution in [1.82, 2.24) is 14.9 Å². The highest BCUT2D eigenvalue weighted by molar-refractivity contribution is 5.92. The first-order valence-corrected chi connectivity index (χ1v) is 5.08. The van der Waals surface area contributed by atoms with Crippen LogP contribution in [0.1, 0.15) is 30.4 Å². The number of aromatic nitrogens is 2. The van der Waals surface area contributed by atoms with Crippen molar-refractivity contribution in [3.8, 4) is 0 Å². The van der Waals surface area contributed by atoms with Crippen LogP contribution in [0.3, 0.4) is 0 Å². The lowest BCUT2D eigenvalue weighted by Gasteiger charge is -2.10. The topological polar surface area (TPSA) is 64.0 Å². The molecule has 1 atom stereocenters. The van der Waals surface area contributed by atoms with Gasteiger partial charge in [-0.2, -0.15) is 0 Å². The van der Waals surface area contributed by atoms with Gasteiger partial charge in [0.1, 0.15) is 11.9 Å². The highest BCUT2D eigenvalue weighted by Gasteiger charge is 2.28. The lowest BCUT2D eigenvalue weighted by atomic mass is 10.2. The van der Waals surface area contributed by atoms with Gasteiger partial charge < -0.3 is 5.32 Å². The molecule has 1 fully saturated rings. The van der Waals surface area contributed by atoms with Gasteiger partial charge in [0.25, 0.3) is 5.91 Å². The lowest BCUT2D eigenvalue weighted by molar-refractivity contribution is -0.119. The van der Waals surface area contributed by atoms with Crippen LogP contribution >= 0.6 is 0 Å². The molecule has 15 heavy (non-hydrogen) atoms. The van der Waals surface area contributed by atoms with E-state index in [4.69, 9.17) is 0 Å². The van der Waals surface area contributed by atoms with Crippen molar-refractivity contribution in [2.24, 2.45) is 0 Å². The van der Waals surface area contributed by atoms with Gasteiger partial charge in [-0.25, -0.2) is 4.98 Å². The average Bonchev–Trinajstić information content (AvgIpc) is 2.84. The number of amides is 1. The van der Waals surface area contributed by atoms with Gasteiger partial charge in [-0.3, -0.25) is 14.2 Å². The van der Waals surface area contributed by atoms with E-state index in [0.717, 1.165) is 5.82 Å². The number of imidazole rings is 1. The van der Waals surface area contributed by atoms with Crippen LogP contribution in [0.4, 0.5) is 0 Å². The summed E-state index contributed by atoms with van der Waals surface area (Å²) < 4.78 is 1.52. The summed E-state index contributed by atoms with van der Waals surface area (Å²) >= 11 is 0. The third-order valence-electron chi connectivity index (χ3n) is 2.56. The van der Waals surface area contributed by atoms with Gasteiger partial charge in [0.2, 0.25) is 5.91 Å². The normalized spacial score (nSPS) is 20.3. The van der Waals surface area contributed by atoms with Gasteiger partial charge in [-0.15, -0.1) is 0 Å². The number of hydrogen-bond acceptors (Lipinski definition) is 3. The van der Waals surface area contributed by atoms with E-state index in [1.807, 2.05) is 6.92 Å². The van der Waals surface area contributed by atoms with Crippen molar-refractivity contribution in [2.75, 3.05) is 0 Å². The molecule has 0 saturated carbocycles. The molecule has 0 bridgehead atoms. The summed E-state index contributed by atoms with van der Waals surface area (Å²) in [4.78, 5) is 27.0. The Kier molecular flexibility index (Phi) is 2.53. The number of nitrogens with one attached hydrogen (secondary N) is 1. The first kappa shape index (κ1) is 9.89. The Balaban J connectivity index is 2.17. The summed E-state index contributed by atoms with van der Waals surface area (Å²) in [5, 5.41) is 2.66. The van der Waals surface area contributed by atoms with E-state index in [2.05, 4.69) is 10.3 Å². The molecule has 0 aromatic carbocycles. The molecule has 1 aromatic heterocycles. The summed E-state index contributed by atoms with van der Waals surface area (Å²) in [6.07, 6.45) is 4.98. The molecule has 1 aliphatic heterocycles. The van der Waals surface area contributed by atoms with Crippen LogP contribution in [0.5, 0.6) is 0 Å². The Morgan fingerprint density at radius 1 is 1.73 bits per heavy atom. The second-order valence-electron chi connectivity index (χ2n) is 3.56. The molecule has 1 aliphatic rings. The largest absolute Gasteiger partial charge is 0.344 e. The van der Waals surface area contributed by atoms with E-state index >= 15 is 0 Å². The maximum absolute atomic E-state index is 11.9. The molecule has 0 spiro atoms. The summed E-state index contributed by atoms with van der Waals surface area (Å²) in [5.74, 6) is 0.600. The standard InChI is InChI=1S/C10H13N3O2/c1-2-8-11-5-6-13(8)10(15)7-3-4-9(14)12-7/h5-7H,2-4H2,1H3,(H,12,14). The molecule has 0 radical (unpaired) electrons. The molecule has 2 rings (SSSR count). The quantitative estimate of drug-likeness (QED) is 0.761. The molecular formula is C10H13N3O2. The number of rotatable bonds is 2. The molecule has 1 unspecified atom stereocenters. The molecule has 1 aromatic rings. The van der Waals surface area contributed by atoms with E-state index < -0.39 is 0 Å². The van der Waals surface area contributed by atoms with Crippen LogP contribution in [0.25, 0.3) is 0 Å². The Bertz CT molecular complexity index is 397. The predicted molar refractivity (Wildman–Crippen MR) is 53.4 cm³/mol. The van der Waals surface area contributed by atoms with Gasteiger partial charge in [0, 0.05) is 25.2 Å². The second-order valence-corrected chi connectivity index (χ2v) is 3.56. The zero-order chi connectivity index (χ0) is 10.8. The van der Waals surface area contributed by atoms with Gasteiger partial charge in [0.05, 0.1) is 0 Å². The molecule has 80 valence electrons. The third-order valence-corrected chi connectivity index (χ3v) is 2.56. The molecule has 1 amide bonds. The first-order chi connectivity index (χ1) is 7.22. The average molecular weight is 207 g/mol. The van der Waals surface area contributed by atoms with Crippen molar-refractivity contribution in [2.45, 2.75) is 32.2 Å². The van der Waals surface area contributed by atoms with E-state index in [0.29, 0.717) is 19.3 Å². The molecule has 5 nitrogen and oxygen atoms in total. The molecule has 5 heteroatoms. The van der Waals surface area contributed by atoms with Gasteiger partial charge in [0.15, 0.2) is 0 Å². The molecule has 1 N–H and O–H groups in total. The van der Waals surface area contributed by atoms with E-state index in [-0.39, 0.29) is 17.9 Å². The minimum Gasteiger partial charge on any atom is -0.344 e. The maximum Gasteiger partial charge on any atom is 0.254 e. The summed E-state index contributed by atoms with van der Waals surface area (Å²) in [7, 11) is 0. The van der Waals surface area contributed by atoms with Crippen molar-refractivity contribution in [3.05, 3.63) is 18.2 Å². The van der Waals surface area contributed by atoms with Crippen molar-refractivity contribution < 1.29 is 9.59 Å². The van der Waals surface area contributed by atoms with E-state index in [9.17, 15) is 9.59 Å². The predicted octanol–water partition coefficient (Wildman–Crippen LogP) is 0.364. The number of hydrogen-bond donors (Lipinski definition) is 1. The number of aryl methyl sites for hydroxylation is 1. The summed E-state index contributed by atoms with van der Waals surface area (Å²) in [5.41, 5.74) is 0. The monoisotopic (exact) mass is 207 g/mol. The number of carbonyl (C=O) groups is 2. The Morgan fingerprint density at radius 3 is 3.13 bits per heavy atom. The van der Waals surface area contributed by atoms with E-state index in [1.165, 1.54) is 4.57 Å². The fourth-order valence-corrected chi connectivity index (χ4v) is 1.76. The molecule has 0 aliphatic carbocycles. The fraction of sp³-hybridized carbons (Fsp3) is 0.500. The second kappa shape index (κ2) is 3.84. The zero-order valence-electron chi connectivity index (χ0n) is 8.56. The van der Waals surface area contributed by atoms with Crippen LogP contribution in [-0.4, -0.2) is 27.4 Å². The van der Waals surface area contributed by atoms with Gasteiger partial charge >= 0.3 is 0 Å². The minimum absolute atomic E-state index is 0.0495. The molecule has 2 heterocycles. The number of carbonyl (C=O) groups excluding carboxylic acids is 2. The van der Waals surface area contributed by atoms with Gasteiger partial charge in [-0.1, -0.05) is 6.92 Å². The Hall–Kier alpha value is -1.65. The van der Waals surface area contributed by atoms with Crippen LogP contribution in [-0.2, 0) is 11.2 Å². The Morgan fingerprint density at radius 2 is 2.53 bits per heavy atom. The summed E-state index contributed by atoms with van der Waals surface area (Å²) in [6, 6.07) is -0.378. The van der Waals surface area contributed by atoms with Crippen molar-refractivity contribution in [3.63, 3.8) is 0 Å². The van der Waals surface area contributed by atoms with Gasteiger partial charge in [-0.05, 0) is 6.42 Å². The zero-order valence-corrected chi connectivity index (χ0v) is 8.56. The van der Waals surface area contributed by atoms with Crippen molar-refractivity contribution in [1.29, 1.82) is 0 Å². The fourth-order valence-electron chi connectivity index (χ4n) is 1.76. The lowest BCUT2D eigenvalue weighted by Crippen LogP contribution is -2.37. The summed E-state index contributed by atoms with van der Waals surface area (Å²) in [6.45, 7) is 1.94. The molecule has 1 saturated heterocycles. The van der Waals surface area contributed by atoms with Crippen LogP contribution in [0.2, 0.25) is 0 Å². The highest BCUT2D eigenvalue weighted by atomic mass is 16.2. The Labute approximate surface area is 87.5 Å².